The summed E-state index contributed by atoms with van der Waals surface area (Å²) in [5.41, 5.74) is 0. The van der Waals surface area contributed by atoms with Crippen LogP contribution in [0.1, 0.15) is 25.7 Å². The number of amides is 1. The zero-order valence-corrected chi connectivity index (χ0v) is 9.52. The average Bonchev–Trinajstić information content (AvgIpc) is 2.30. The summed E-state index contributed by atoms with van der Waals surface area (Å²) >= 11 is 0. The predicted octanol–water partition coefficient (Wildman–Crippen LogP) is 1.44. The summed E-state index contributed by atoms with van der Waals surface area (Å²) in [6.45, 7) is 3.40. The summed E-state index contributed by atoms with van der Waals surface area (Å²) in [7, 11) is 0. The second-order valence-electron chi connectivity index (χ2n) is 3.33. The molecule has 6 heteroatoms. The van der Waals surface area contributed by atoms with Crippen LogP contribution < -0.4 is 5.32 Å². The van der Waals surface area contributed by atoms with Crippen molar-refractivity contribution in [1.82, 2.24) is 5.32 Å². The molecule has 0 radical (unpaired) electrons. The van der Waals surface area contributed by atoms with Gasteiger partial charge in [0, 0.05) is 6.42 Å². The molecule has 0 saturated carbocycles. The zero-order chi connectivity index (χ0) is 13.1. The molecule has 17 heavy (non-hydrogen) atoms. The van der Waals surface area contributed by atoms with Crippen LogP contribution in [-0.2, 0) is 9.53 Å². The number of carbonyl (C=O) groups excluding carboxylic acids is 1. The first-order chi connectivity index (χ1) is 8.11. The van der Waals surface area contributed by atoms with Gasteiger partial charge in [0.05, 0.1) is 6.07 Å². The molecule has 0 aromatic rings. The highest BCUT2D eigenvalue weighted by Crippen LogP contribution is 2.04. The Kier molecular flexibility index (Phi) is 8.11. The fraction of sp³-hybridized carbons (Fsp3) is 0.545. The summed E-state index contributed by atoms with van der Waals surface area (Å²) in [5, 5.41) is 19.4. The second kappa shape index (κ2) is 9.21. The fourth-order valence-corrected chi connectivity index (χ4v) is 1.13. The van der Waals surface area contributed by atoms with Gasteiger partial charge >= 0.3 is 12.1 Å². The summed E-state index contributed by atoms with van der Waals surface area (Å²) < 4.78 is 4.62. The number of hydrogen-bond donors (Lipinski definition) is 2. The van der Waals surface area contributed by atoms with Crippen LogP contribution in [0.5, 0.6) is 0 Å². The molecule has 94 valence electrons. The number of nitriles is 1. The van der Waals surface area contributed by atoms with Crippen molar-refractivity contribution in [2.75, 3.05) is 6.61 Å². The number of carboxylic acid groups (broad SMARTS) is 1. The van der Waals surface area contributed by atoms with Gasteiger partial charge in [-0.1, -0.05) is 12.7 Å². The third-order valence-corrected chi connectivity index (χ3v) is 1.95. The van der Waals surface area contributed by atoms with Crippen molar-refractivity contribution in [3.05, 3.63) is 12.7 Å². The first-order valence-electron chi connectivity index (χ1n) is 5.25. The molecule has 0 saturated heterocycles. The molecule has 0 aliphatic carbocycles. The number of rotatable bonds is 8. The lowest BCUT2D eigenvalue weighted by Gasteiger charge is -2.13. The van der Waals surface area contributed by atoms with E-state index >= 15 is 0 Å². The summed E-state index contributed by atoms with van der Waals surface area (Å²) in [5.74, 6) is -1.11. The van der Waals surface area contributed by atoms with Gasteiger partial charge in [-0.25, -0.2) is 9.59 Å². The Bertz CT molecular complexity index is 309. The highest BCUT2D eigenvalue weighted by Gasteiger charge is 2.19. The minimum atomic E-state index is -1.11. The number of ether oxygens (including phenoxy) is 1. The first-order valence-corrected chi connectivity index (χ1v) is 5.25. The van der Waals surface area contributed by atoms with E-state index in [1.54, 1.807) is 0 Å². The van der Waals surface area contributed by atoms with Crippen LogP contribution in [0.2, 0.25) is 0 Å². The average molecular weight is 240 g/mol. The van der Waals surface area contributed by atoms with Crippen molar-refractivity contribution in [2.24, 2.45) is 0 Å². The van der Waals surface area contributed by atoms with E-state index in [0.29, 0.717) is 19.3 Å². The van der Waals surface area contributed by atoms with Crippen LogP contribution in [0.3, 0.4) is 0 Å². The van der Waals surface area contributed by atoms with Crippen molar-refractivity contribution < 1.29 is 19.4 Å². The molecule has 0 aromatic carbocycles. The van der Waals surface area contributed by atoms with E-state index in [1.807, 2.05) is 6.07 Å². The van der Waals surface area contributed by atoms with Crippen molar-refractivity contribution in [1.29, 1.82) is 5.26 Å². The lowest BCUT2D eigenvalue weighted by Crippen LogP contribution is -2.41. The number of aliphatic carboxylic acids is 1. The molecular weight excluding hydrogens is 224 g/mol. The van der Waals surface area contributed by atoms with Gasteiger partial charge in [-0.15, -0.1) is 0 Å². The van der Waals surface area contributed by atoms with Crippen LogP contribution in [0.25, 0.3) is 0 Å². The number of carboxylic acids is 1. The van der Waals surface area contributed by atoms with Gasteiger partial charge in [0.1, 0.15) is 12.6 Å². The number of hydrogen-bond acceptors (Lipinski definition) is 4. The molecule has 0 aliphatic heterocycles. The maximum atomic E-state index is 11.1. The van der Waals surface area contributed by atoms with E-state index in [2.05, 4.69) is 16.6 Å². The highest BCUT2D eigenvalue weighted by molar-refractivity contribution is 5.79. The second-order valence-corrected chi connectivity index (χ2v) is 3.33. The van der Waals surface area contributed by atoms with Gasteiger partial charge in [0.2, 0.25) is 0 Å². The molecule has 0 heterocycles. The Morgan fingerprint density at radius 1 is 1.53 bits per heavy atom. The number of nitrogens with one attached hydrogen (secondary N) is 1. The Labute approximate surface area is 99.9 Å². The molecule has 1 amide bonds. The standard InChI is InChI=1S/C11H16N2O4/c1-2-8-17-11(16)13-9(10(14)15)6-4-3-5-7-12/h2,9H,1,3-6,8H2,(H,13,16)(H,14,15). The molecule has 0 bridgehead atoms. The summed E-state index contributed by atoms with van der Waals surface area (Å²) in [6, 6.07) is 0.988. The van der Waals surface area contributed by atoms with E-state index in [0.717, 1.165) is 0 Å². The van der Waals surface area contributed by atoms with Gasteiger partial charge in [-0.3, -0.25) is 0 Å². The maximum Gasteiger partial charge on any atom is 0.408 e. The SMILES string of the molecule is C=CCOC(=O)NC(CCCCC#N)C(=O)O. The maximum absolute atomic E-state index is 11.1. The van der Waals surface area contributed by atoms with E-state index < -0.39 is 18.1 Å². The normalized spacial score (nSPS) is 11.0. The van der Waals surface area contributed by atoms with Gasteiger partial charge in [0.25, 0.3) is 0 Å². The zero-order valence-electron chi connectivity index (χ0n) is 9.52. The van der Waals surface area contributed by atoms with Crippen molar-refractivity contribution in [2.45, 2.75) is 31.7 Å². The summed E-state index contributed by atoms with van der Waals surface area (Å²) in [6.07, 6.45) is 2.45. The van der Waals surface area contributed by atoms with Crippen molar-refractivity contribution >= 4 is 12.1 Å². The van der Waals surface area contributed by atoms with Gasteiger partial charge < -0.3 is 15.2 Å². The monoisotopic (exact) mass is 240 g/mol. The Morgan fingerprint density at radius 3 is 2.76 bits per heavy atom. The minimum Gasteiger partial charge on any atom is -0.480 e. The third kappa shape index (κ3) is 7.85. The molecule has 6 nitrogen and oxygen atoms in total. The van der Waals surface area contributed by atoms with Crippen LogP contribution >= 0.6 is 0 Å². The van der Waals surface area contributed by atoms with E-state index in [1.165, 1.54) is 6.08 Å². The van der Waals surface area contributed by atoms with Crippen LogP contribution in [0, 0.1) is 11.3 Å². The Morgan fingerprint density at radius 2 is 2.24 bits per heavy atom. The van der Waals surface area contributed by atoms with Crippen molar-refractivity contribution in [3.8, 4) is 6.07 Å². The third-order valence-electron chi connectivity index (χ3n) is 1.95. The smallest absolute Gasteiger partial charge is 0.408 e. The van der Waals surface area contributed by atoms with E-state index in [-0.39, 0.29) is 13.0 Å². The largest absolute Gasteiger partial charge is 0.480 e. The van der Waals surface area contributed by atoms with Crippen molar-refractivity contribution in [3.63, 3.8) is 0 Å². The number of carbonyl (C=O) groups is 2. The molecule has 1 unspecified atom stereocenters. The Balaban J connectivity index is 3.98. The molecular formula is C11H16N2O4. The molecule has 0 rings (SSSR count). The summed E-state index contributed by atoms with van der Waals surface area (Å²) in [4.78, 5) is 21.9. The molecule has 0 spiro atoms. The highest BCUT2D eigenvalue weighted by atomic mass is 16.5. The van der Waals surface area contributed by atoms with Crippen LogP contribution in [-0.4, -0.2) is 29.8 Å². The number of unbranched alkanes of at least 4 members (excludes halogenated alkanes) is 2. The van der Waals surface area contributed by atoms with Crippen LogP contribution in [0.15, 0.2) is 12.7 Å². The fourth-order valence-electron chi connectivity index (χ4n) is 1.13. The molecule has 2 N–H and O–H groups in total. The molecule has 1 atom stereocenters. The van der Waals surface area contributed by atoms with E-state index in [4.69, 9.17) is 10.4 Å². The predicted molar refractivity (Wildman–Crippen MR) is 60.2 cm³/mol. The minimum absolute atomic E-state index is 0.0343. The van der Waals surface area contributed by atoms with Gasteiger partial charge in [-0.2, -0.15) is 5.26 Å². The Hall–Kier alpha value is -2.03. The van der Waals surface area contributed by atoms with Gasteiger partial charge in [0.15, 0.2) is 0 Å². The quantitative estimate of drug-likeness (QED) is 0.494. The number of alkyl carbamates (subject to hydrolysis) is 1. The lowest BCUT2D eigenvalue weighted by atomic mass is 10.1. The topological polar surface area (TPSA) is 99.4 Å². The lowest BCUT2D eigenvalue weighted by molar-refractivity contribution is -0.139. The molecule has 0 fully saturated rings. The molecule has 0 aromatic heterocycles. The molecule has 0 aliphatic rings. The number of nitrogens with zero attached hydrogens (tertiary/aromatic N) is 1. The van der Waals surface area contributed by atoms with Crippen LogP contribution in [0.4, 0.5) is 4.79 Å². The van der Waals surface area contributed by atoms with E-state index in [9.17, 15) is 9.59 Å². The first kappa shape index (κ1) is 15.0. The van der Waals surface area contributed by atoms with Gasteiger partial charge in [-0.05, 0) is 19.3 Å².